The van der Waals surface area contributed by atoms with Gasteiger partial charge in [-0.05, 0) is 66.0 Å². The fourth-order valence-corrected chi connectivity index (χ4v) is 4.56. The molecule has 1 atom stereocenters. The Labute approximate surface area is 137 Å². The van der Waals surface area contributed by atoms with Gasteiger partial charge in [-0.1, -0.05) is 0 Å². The lowest BCUT2D eigenvalue weighted by Crippen LogP contribution is -2.20. The molecular weight excluding hydrogens is 348 g/mol. The van der Waals surface area contributed by atoms with Crippen molar-refractivity contribution in [2.24, 2.45) is 0 Å². The molecule has 3 rings (SSSR count). The zero-order valence-electron chi connectivity index (χ0n) is 12.4. The highest BCUT2D eigenvalue weighted by Gasteiger charge is 2.28. The molecule has 0 spiro atoms. The minimum Gasteiger partial charge on any atom is -0.299 e. The van der Waals surface area contributed by atoms with Crippen molar-refractivity contribution < 1.29 is 4.79 Å². The number of halogens is 1. The number of nitrogens with zero attached hydrogens (tertiary/aromatic N) is 2. The second kappa shape index (κ2) is 6.05. The topological polar surface area (TPSA) is 34.9 Å². The number of carbonyl (C=O) groups is 1. The van der Waals surface area contributed by atoms with Gasteiger partial charge >= 0.3 is 0 Å². The largest absolute Gasteiger partial charge is 0.299 e. The van der Waals surface area contributed by atoms with Crippen LogP contribution in [0, 0.1) is 6.92 Å². The van der Waals surface area contributed by atoms with Gasteiger partial charge in [0, 0.05) is 17.3 Å². The normalized spacial score (nSPS) is 17.8. The first-order valence-electron chi connectivity index (χ1n) is 7.42. The van der Waals surface area contributed by atoms with Crippen molar-refractivity contribution in [2.75, 3.05) is 0 Å². The molecular formula is C16H19BrN2OS. The molecule has 0 saturated heterocycles. The predicted molar refractivity (Wildman–Crippen MR) is 89.0 cm³/mol. The summed E-state index contributed by atoms with van der Waals surface area (Å²) >= 11 is 5.37. The fraction of sp³-hybridized carbons (Fsp3) is 0.500. The van der Waals surface area contributed by atoms with Crippen molar-refractivity contribution in [1.29, 1.82) is 0 Å². The highest BCUT2D eigenvalue weighted by molar-refractivity contribution is 9.10. The summed E-state index contributed by atoms with van der Waals surface area (Å²) in [5.74, 6) is 0.400. The molecule has 2 heterocycles. The number of ketones is 1. The molecule has 1 unspecified atom stereocenters. The minimum atomic E-state index is 0.0763. The lowest BCUT2D eigenvalue weighted by molar-refractivity contribution is -0.120. The van der Waals surface area contributed by atoms with Gasteiger partial charge in [0.1, 0.15) is 5.78 Å². The molecule has 0 amide bonds. The molecule has 0 radical (unpaired) electrons. The summed E-state index contributed by atoms with van der Waals surface area (Å²) in [4.78, 5) is 14.2. The molecule has 0 N–H and O–H groups in total. The standard InChI is InChI=1S/C16H19BrN2OS/c1-3-19-13(16(17)10(2)18-19)9-14(20)11-5-4-6-15-12(11)7-8-21-15/h7-8,11H,3-6,9H2,1-2H3. The first kappa shape index (κ1) is 15.0. The van der Waals surface area contributed by atoms with Crippen LogP contribution >= 0.6 is 27.3 Å². The highest BCUT2D eigenvalue weighted by atomic mass is 79.9. The molecule has 2 aromatic rings. The SMILES string of the molecule is CCn1nc(C)c(Br)c1CC(=O)C1CCCc2sccc21. The van der Waals surface area contributed by atoms with Crippen LogP contribution in [0.1, 0.15) is 47.5 Å². The number of hydrogen-bond donors (Lipinski definition) is 0. The third kappa shape index (κ3) is 2.73. The summed E-state index contributed by atoms with van der Waals surface area (Å²) < 4.78 is 2.92. The number of thiophene rings is 1. The number of fused-ring (bicyclic) bond motifs is 1. The lowest BCUT2D eigenvalue weighted by Gasteiger charge is -2.21. The zero-order valence-corrected chi connectivity index (χ0v) is 14.8. The van der Waals surface area contributed by atoms with Crippen molar-refractivity contribution >= 4 is 33.0 Å². The zero-order chi connectivity index (χ0) is 15.0. The van der Waals surface area contributed by atoms with Gasteiger partial charge in [0.25, 0.3) is 0 Å². The first-order chi connectivity index (χ1) is 10.1. The monoisotopic (exact) mass is 366 g/mol. The predicted octanol–water partition coefficient (Wildman–Crippen LogP) is 4.27. The summed E-state index contributed by atoms with van der Waals surface area (Å²) in [5.41, 5.74) is 3.24. The van der Waals surface area contributed by atoms with Crippen LogP contribution in [0.15, 0.2) is 15.9 Å². The maximum Gasteiger partial charge on any atom is 0.146 e. The van der Waals surface area contributed by atoms with Crippen LogP contribution in [0.5, 0.6) is 0 Å². The number of rotatable bonds is 4. The Morgan fingerprint density at radius 3 is 3.14 bits per heavy atom. The smallest absolute Gasteiger partial charge is 0.146 e. The number of aryl methyl sites for hydroxylation is 3. The van der Waals surface area contributed by atoms with Crippen molar-refractivity contribution in [3.8, 4) is 0 Å². The maximum atomic E-state index is 12.8. The van der Waals surface area contributed by atoms with Gasteiger partial charge in [-0.3, -0.25) is 9.48 Å². The Balaban J connectivity index is 1.85. The maximum absolute atomic E-state index is 12.8. The Morgan fingerprint density at radius 1 is 1.57 bits per heavy atom. The molecule has 5 heteroatoms. The van der Waals surface area contributed by atoms with E-state index in [1.54, 1.807) is 11.3 Å². The van der Waals surface area contributed by atoms with E-state index in [1.807, 2.05) is 11.6 Å². The Bertz CT molecular complexity index is 674. The average Bonchev–Trinajstić information content (AvgIpc) is 3.06. The van der Waals surface area contributed by atoms with E-state index in [9.17, 15) is 4.79 Å². The third-order valence-electron chi connectivity index (χ3n) is 4.24. The molecule has 0 saturated carbocycles. The number of hydrogen-bond acceptors (Lipinski definition) is 3. The van der Waals surface area contributed by atoms with Gasteiger partial charge in [-0.25, -0.2) is 0 Å². The van der Waals surface area contributed by atoms with Crippen molar-refractivity contribution in [2.45, 2.75) is 52.0 Å². The van der Waals surface area contributed by atoms with Crippen LogP contribution in [0.25, 0.3) is 0 Å². The van der Waals surface area contributed by atoms with Gasteiger partial charge in [0.15, 0.2) is 0 Å². The molecule has 112 valence electrons. The number of carbonyl (C=O) groups excluding carboxylic acids is 1. The van der Waals surface area contributed by atoms with E-state index in [-0.39, 0.29) is 5.92 Å². The van der Waals surface area contributed by atoms with E-state index in [4.69, 9.17) is 0 Å². The Kier molecular flexibility index (Phi) is 4.31. The third-order valence-corrected chi connectivity index (χ3v) is 6.26. The molecule has 2 aromatic heterocycles. The molecule has 21 heavy (non-hydrogen) atoms. The molecule has 3 nitrogen and oxygen atoms in total. The molecule has 0 aliphatic heterocycles. The van der Waals surface area contributed by atoms with Crippen LogP contribution in [0.2, 0.25) is 0 Å². The van der Waals surface area contributed by atoms with Crippen molar-refractivity contribution in [3.05, 3.63) is 37.7 Å². The van der Waals surface area contributed by atoms with E-state index >= 15 is 0 Å². The summed E-state index contributed by atoms with van der Waals surface area (Å²) in [5, 5.41) is 6.60. The second-order valence-corrected chi connectivity index (χ2v) is 7.34. The van der Waals surface area contributed by atoms with Crippen molar-refractivity contribution in [3.63, 3.8) is 0 Å². The van der Waals surface area contributed by atoms with Crippen LogP contribution < -0.4 is 0 Å². The van der Waals surface area contributed by atoms with E-state index in [2.05, 4.69) is 39.4 Å². The van der Waals surface area contributed by atoms with E-state index in [1.165, 1.54) is 10.4 Å². The van der Waals surface area contributed by atoms with E-state index < -0.39 is 0 Å². The summed E-state index contributed by atoms with van der Waals surface area (Å²) in [6.45, 7) is 4.83. The fourth-order valence-electron chi connectivity index (χ4n) is 3.15. The second-order valence-electron chi connectivity index (χ2n) is 5.55. The van der Waals surface area contributed by atoms with Gasteiger partial charge in [0.2, 0.25) is 0 Å². The quantitative estimate of drug-likeness (QED) is 0.809. The lowest BCUT2D eigenvalue weighted by atomic mass is 9.83. The molecule has 1 aliphatic carbocycles. The number of aromatic nitrogens is 2. The Hall–Kier alpha value is -0.940. The van der Waals surface area contributed by atoms with Crippen molar-refractivity contribution in [1.82, 2.24) is 9.78 Å². The van der Waals surface area contributed by atoms with Gasteiger partial charge in [-0.2, -0.15) is 5.10 Å². The van der Waals surface area contributed by atoms with Crippen LogP contribution in [-0.4, -0.2) is 15.6 Å². The van der Waals surface area contributed by atoms with Gasteiger partial charge in [0.05, 0.1) is 22.3 Å². The van der Waals surface area contributed by atoms with E-state index in [0.29, 0.717) is 12.2 Å². The van der Waals surface area contributed by atoms with Crippen LogP contribution in [0.4, 0.5) is 0 Å². The van der Waals surface area contributed by atoms with Crippen LogP contribution in [0.3, 0.4) is 0 Å². The molecule has 0 fully saturated rings. The molecule has 0 bridgehead atoms. The van der Waals surface area contributed by atoms with E-state index in [0.717, 1.165) is 41.7 Å². The highest BCUT2D eigenvalue weighted by Crippen LogP contribution is 2.36. The first-order valence-corrected chi connectivity index (χ1v) is 9.09. The molecule has 1 aliphatic rings. The summed E-state index contributed by atoms with van der Waals surface area (Å²) in [6, 6.07) is 2.14. The Morgan fingerprint density at radius 2 is 2.38 bits per heavy atom. The number of Topliss-reactive ketones (excluding diaryl/α,β-unsaturated/α-hetero) is 1. The summed E-state index contributed by atoms with van der Waals surface area (Å²) in [6.07, 6.45) is 3.71. The minimum absolute atomic E-state index is 0.0763. The molecule has 0 aromatic carbocycles. The van der Waals surface area contributed by atoms with Gasteiger partial charge < -0.3 is 0 Å². The van der Waals surface area contributed by atoms with Gasteiger partial charge in [-0.15, -0.1) is 11.3 Å². The average molecular weight is 367 g/mol. The van der Waals surface area contributed by atoms with Crippen LogP contribution in [-0.2, 0) is 24.2 Å². The summed E-state index contributed by atoms with van der Waals surface area (Å²) in [7, 11) is 0.